The van der Waals surface area contributed by atoms with Crippen LogP contribution in [0.2, 0.25) is 0 Å². The monoisotopic (exact) mass is 460 g/mol. The number of amides is 1. The molecule has 0 atom stereocenters. The van der Waals surface area contributed by atoms with E-state index in [1.807, 2.05) is 31.2 Å². The summed E-state index contributed by atoms with van der Waals surface area (Å²) in [7, 11) is -3.49. The second-order valence-corrected chi connectivity index (χ2v) is 10.5. The Morgan fingerprint density at radius 3 is 2.61 bits per heavy atom. The molecule has 0 radical (unpaired) electrons. The van der Waals surface area contributed by atoms with Crippen molar-refractivity contribution in [1.29, 1.82) is 0 Å². The van der Waals surface area contributed by atoms with Gasteiger partial charge >= 0.3 is 0 Å². The quantitative estimate of drug-likeness (QED) is 0.581. The summed E-state index contributed by atoms with van der Waals surface area (Å²) in [6, 6.07) is 11.0. The molecule has 1 amide bonds. The Balaban J connectivity index is 1.25. The molecule has 4 rings (SSSR count). The summed E-state index contributed by atoms with van der Waals surface area (Å²) in [4.78, 5) is 14.3. The van der Waals surface area contributed by atoms with Crippen molar-refractivity contribution in [1.82, 2.24) is 19.8 Å². The van der Waals surface area contributed by atoms with E-state index in [9.17, 15) is 13.2 Å². The number of aryl methyl sites for hydroxylation is 2. The van der Waals surface area contributed by atoms with Gasteiger partial charge in [-0.15, -0.1) is 21.5 Å². The van der Waals surface area contributed by atoms with Crippen molar-refractivity contribution in [2.45, 2.75) is 42.9 Å². The molecule has 0 aliphatic carbocycles. The van der Waals surface area contributed by atoms with Gasteiger partial charge in [0.25, 0.3) is 0 Å². The first-order valence-electron chi connectivity index (χ1n) is 10.1. The molecular weight excluding hydrogens is 436 g/mol. The highest BCUT2D eigenvalue weighted by molar-refractivity contribution is 7.91. The van der Waals surface area contributed by atoms with Gasteiger partial charge in [-0.3, -0.25) is 4.79 Å². The lowest BCUT2D eigenvalue weighted by molar-refractivity contribution is -0.132. The lowest BCUT2D eigenvalue weighted by Gasteiger charge is -2.32. The Hall–Kier alpha value is -2.56. The first-order chi connectivity index (χ1) is 14.9. The summed E-state index contributed by atoms with van der Waals surface area (Å²) in [6.45, 7) is 3.06. The molecule has 1 fully saturated rings. The topological polar surface area (TPSA) is 105 Å². The number of hydrogen-bond donors (Lipinski definition) is 1. The molecule has 1 aromatic carbocycles. The smallest absolute Gasteiger partial charge is 0.250 e. The van der Waals surface area contributed by atoms with Crippen molar-refractivity contribution < 1.29 is 17.6 Å². The van der Waals surface area contributed by atoms with E-state index in [-0.39, 0.29) is 18.4 Å². The number of likely N-dealkylation sites (tertiary alicyclic amines) is 1. The zero-order chi connectivity index (χ0) is 21.8. The van der Waals surface area contributed by atoms with Crippen molar-refractivity contribution in [3.63, 3.8) is 0 Å². The molecule has 0 bridgehead atoms. The lowest BCUT2D eigenvalue weighted by Crippen LogP contribution is -2.46. The van der Waals surface area contributed by atoms with Crippen LogP contribution in [0.1, 0.15) is 30.7 Å². The SMILES string of the molecule is Cc1ccc(-c2nnc(CCC(=O)N3CCC(NS(=O)(=O)c4cccs4)CC3)o2)cc1. The van der Waals surface area contributed by atoms with Crippen LogP contribution in [0.25, 0.3) is 11.5 Å². The molecule has 2 aromatic heterocycles. The van der Waals surface area contributed by atoms with Gasteiger partial charge in [-0.2, -0.15) is 0 Å². The van der Waals surface area contributed by atoms with Gasteiger partial charge in [0, 0.05) is 37.5 Å². The number of carbonyl (C=O) groups excluding carboxylic acids is 1. The molecule has 10 heteroatoms. The third-order valence-electron chi connectivity index (χ3n) is 5.25. The maximum atomic E-state index is 12.6. The van der Waals surface area contributed by atoms with Crippen molar-refractivity contribution >= 4 is 27.3 Å². The van der Waals surface area contributed by atoms with Crippen LogP contribution in [0, 0.1) is 6.92 Å². The Morgan fingerprint density at radius 1 is 1.19 bits per heavy atom. The number of benzene rings is 1. The van der Waals surface area contributed by atoms with E-state index in [4.69, 9.17) is 4.42 Å². The maximum absolute atomic E-state index is 12.6. The first kappa shape index (κ1) is 21.7. The van der Waals surface area contributed by atoms with E-state index >= 15 is 0 Å². The number of nitrogens with one attached hydrogen (secondary N) is 1. The summed E-state index contributed by atoms with van der Waals surface area (Å²) in [5.74, 6) is 0.887. The number of thiophene rings is 1. The Bertz CT molecular complexity index is 1120. The molecule has 1 aliphatic heterocycles. The van der Waals surface area contributed by atoms with Gasteiger partial charge in [-0.05, 0) is 43.3 Å². The number of hydrogen-bond acceptors (Lipinski definition) is 7. The van der Waals surface area contributed by atoms with Crippen LogP contribution in [0.4, 0.5) is 0 Å². The van der Waals surface area contributed by atoms with Gasteiger partial charge in [0.05, 0.1) is 0 Å². The number of sulfonamides is 1. The van der Waals surface area contributed by atoms with E-state index in [1.165, 1.54) is 11.3 Å². The highest BCUT2D eigenvalue weighted by atomic mass is 32.2. The average molecular weight is 461 g/mol. The summed E-state index contributed by atoms with van der Waals surface area (Å²) in [6.07, 6.45) is 1.84. The summed E-state index contributed by atoms with van der Waals surface area (Å²) in [5.41, 5.74) is 2.00. The minimum Gasteiger partial charge on any atom is -0.421 e. The number of rotatable bonds is 7. The molecule has 1 aliphatic rings. The van der Waals surface area contributed by atoms with Crippen LogP contribution >= 0.6 is 11.3 Å². The second kappa shape index (κ2) is 9.29. The fourth-order valence-corrected chi connectivity index (χ4v) is 5.79. The normalized spacial score (nSPS) is 15.3. The fraction of sp³-hybridized carbons (Fsp3) is 0.381. The van der Waals surface area contributed by atoms with Crippen LogP contribution in [-0.4, -0.2) is 48.6 Å². The van der Waals surface area contributed by atoms with E-state index < -0.39 is 10.0 Å². The zero-order valence-electron chi connectivity index (χ0n) is 17.2. The molecule has 164 valence electrons. The van der Waals surface area contributed by atoms with Crippen molar-refractivity contribution in [2.75, 3.05) is 13.1 Å². The number of piperidine rings is 1. The molecule has 1 saturated heterocycles. The van der Waals surface area contributed by atoms with Crippen LogP contribution in [0.5, 0.6) is 0 Å². The molecule has 0 saturated carbocycles. The number of carbonyl (C=O) groups is 1. The summed E-state index contributed by atoms with van der Waals surface area (Å²) in [5, 5.41) is 9.85. The largest absolute Gasteiger partial charge is 0.421 e. The third kappa shape index (κ3) is 5.38. The minimum atomic E-state index is -3.49. The highest BCUT2D eigenvalue weighted by Gasteiger charge is 2.27. The van der Waals surface area contributed by atoms with Crippen molar-refractivity contribution in [3.8, 4) is 11.5 Å². The molecule has 0 unspecified atom stereocenters. The Kier molecular flexibility index (Phi) is 6.49. The van der Waals surface area contributed by atoms with E-state index in [1.54, 1.807) is 22.4 Å². The summed E-state index contributed by atoms with van der Waals surface area (Å²) >= 11 is 1.19. The van der Waals surface area contributed by atoms with Crippen molar-refractivity contribution in [3.05, 3.63) is 53.2 Å². The zero-order valence-corrected chi connectivity index (χ0v) is 18.8. The van der Waals surface area contributed by atoms with Gasteiger partial charge in [-0.1, -0.05) is 23.8 Å². The average Bonchev–Trinajstić information content (AvgIpc) is 3.46. The predicted octanol–water partition coefficient (Wildman–Crippen LogP) is 3.01. The van der Waals surface area contributed by atoms with Crippen LogP contribution in [0.15, 0.2) is 50.4 Å². The van der Waals surface area contributed by atoms with Gasteiger partial charge < -0.3 is 9.32 Å². The van der Waals surface area contributed by atoms with Gasteiger partial charge in [0.15, 0.2) is 0 Å². The molecule has 3 heterocycles. The van der Waals surface area contributed by atoms with Gasteiger partial charge in [0.2, 0.25) is 27.7 Å². The summed E-state index contributed by atoms with van der Waals surface area (Å²) < 4.78 is 33.5. The van der Waals surface area contributed by atoms with Crippen LogP contribution in [0.3, 0.4) is 0 Å². The van der Waals surface area contributed by atoms with E-state index in [0.29, 0.717) is 48.3 Å². The number of aromatic nitrogens is 2. The molecule has 8 nitrogen and oxygen atoms in total. The fourth-order valence-electron chi connectivity index (χ4n) is 3.48. The number of nitrogens with zero attached hydrogens (tertiary/aromatic N) is 3. The third-order valence-corrected chi connectivity index (χ3v) is 8.17. The second-order valence-electron chi connectivity index (χ2n) is 7.58. The van der Waals surface area contributed by atoms with Crippen molar-refractivity contribution in [2.24, 2.45) is 0 Å². The Labute approximate surface area is 185 Å². The highest BCUT2D eigenvalue weighted by Crippen LogP contribution is 2.21. The molecule has 31 heavy (non-hydrogen) atoms. The standard InChI is InChI=1S/C21H24N4O4S2/c1-15-4-6-16(7-5-15)21-23-22-18(29-21)8-9-19(26)25-12-10-17(11-13-25)24-31(27,28)20-3-2-14-30-20/h2-7,14,17,24H,8-13H2,1H3. The molecular formula is C21H24N4O4S2. The Morgan fingerprint density at radius 2 is 1.94 bits per heavy atom. The molecule has 1 N–H and O–H groups in total. The van der Waals surface area contributed by atoms with Crippen LogP contribution in [-0.2, 0) is 21.2 Å². The van der Waals surface area contributed by atoms with Gasteiger partial charge in [-0.25, -0.2) is 13.1 Å². The molecule has 3 aromatic rings. The molecule has 0 spiro atoms. The lowest BCUT2D eigenvalue weighted by atomic mass is 10.1. The van der Waals surface area contributed by atoms with E-state index in [0.717, 1.165) is 11.1 Å². The van der Waals surface area contributed by atoms with E-state index in [2.05, 4.69) is 14.9 Å². The maximum Gasteiger partial charge on any atom is 0.250 e. The van der Waals surface area contributed by atoms with Gasteiger partial charge in [0.1, 0.15) is 4.21 Å². The predicted molar refractivity (Wildman–Crippen MR) is 117 cm³/mol. The minimum absolute atomic E-state index is 0.00894. The van der Waals surface area contributed by atoms with Crippen LogP contribution < -0.4 is 4.72 Å². The first-order valence-corrected chi connectivity index (χ1v) is 12.5.